The standard InChI is InChI=1S/C24H25N7O/c1-30-24(26-14-27-30)21-22(16-8-6-15(7-9-16)13-31-10-3-11-31)29-28-18-5-2-4-17-19(32)12-25-23(21)20(17)18/h2,4-9,14,21-22,28-29H,3,10-13H2,1H3. The van der Waals surface area contributed by atoms with E-state index in [9.17, 15) is 4.79 Å². The highest BCUT2D eigenvalue weighted by Crippen LogP contribution is 2.40. The summed E-state index contributed by atoms with van der Waals surface area (Å²) < 4.78 is 1.80. The van der Waals surface area contributed by atoms with Crippen molar-refractivity contribution in [2.45, 2.75) is 24.9 Å². The minimum atomic E-state index is -0.202. The summed E-state index contributed by atoms with van der Waals surface area (Å²) in [4.78, 5) is 24.4. The van der Waals surface area contributed by atoms with Crippen LogP contribution in [0.15, 0.2) is 53.8 Å². The van der Waals surface area contributed by atoms with Crippen molar-refractivity contribution in [1.82, 2.24) is 25.1 Å². The monoisotopic (exact) mass is 427 g/mol. The quantitative estimate of drug-likeness (QED) is 0.665. The van der Waals surface area contributed by atoms with E-state index in [4.69, 9.17) is 4.99 Å². The van der Waals surface area contributed by atoms with Crippen LogP contribution in [-0.4, -0.2) is 50.8 Å². The van der Waals surface area contributed by atoms with E-state index in [2.05, 4.69) is 50.1 Å². The molecule has 0 bridgehead atoms. The molecule has 2 atom stereocenters. The Kier molecular flexibility index (Phi) is 4.62. The van der Waals surface area contributed by atoms with E-state index < -0.39 is 0 Å². The fraction of sp³-hybridized carbons (Fsp3) is 0.333. The van der Waals surface area contributed by atoms with Crippen molar-refractivity contribution in [1.29, 1.82) is 0 Å². The van der Waals surface area contributed by atoms with Crippen molar-refractivity contribution in [2.24, 2.45) is 12.0 Å². The molecule has 32 heavy (non-hydrogen) atoms. The second-order valence-corrected chi connectivity index (χ2v) is 8.69. The fourth-order valence-corrected chi connectivity index (χ4v) is 4.90. The predicted octanol–water partition coefficient (Wildman–Crippen LogP) is 2.46. The maximum atomic E-state index is 12.6. The molecule has 6 rings (SSSR count). The molecule has 4 heterocycles. The minimum absolute atomic E-state index is 0.0397. The second kappa shape index (κ2) is 7.65. The number of ketones is 1. The number of nitrogens with one attached hydrogen (secondary N) is 2. The molecule has 8 heteroatoms. The molecule has 0 amide bonds. The molecule has 2 unspecified atom stereocenters. The zero-order valence-corrected chi connectivity index (χ0v) is 18.0. The van der Waals surface area contributed by atoms with E-state index in [-0.39, 0.29) is 24.3 Å². The van der Waals surface area contributed by atoms with Crippen molar-refractivity contribution >= 4 is 17.2 Å². The van der Waals surface area contributed by atoms with Crippen LogP contribution in [0.3, 0.4) is 0 Å². The molecule has 1 aromatic heterocycles. The Balaban J connectivity index is 1.44. The lowest BCUT2D eigenvalue weighted by Gasteiger charge is -2.31. The highest BCUT2D eigenvalue weighted by Gasteiger charge is 2.39. The average Bonchev–Trinajstić information content (AvgIpc) is 3.13. The molecule has 0 aliphatic carbocycles. The zero-order valence-electron chi connectivity index (χ0n) is 18.0. The number of nitrogens with zero attached hydrogens (tertiary/aromatic N) is 5. The summed E-state index contributed by atoms with van der Waals surface area (Å²) in [5.41, 5.74) is 12.6. The van der Waals surface area contributed by atoms with Gasteiger partial charge in [0.05, 0.1) is 23.4 Å². The van der Waals surface area contributed by atoms with Crippen molar-refractivity contribution in [3.8, 4) is 0 Å². The van der Waals surface area contributed by atoms with Gasteiger partial charge in [-0.2, -0.15) is 5.10 Å². The van der Waals surface area contributed by atoms with Gasteiger partial charge in [-0.1, -0.05) is 36.4 Å². The van der Waals surface area contributed by atoms with Gasteiger partial charge in [-0.3, -0.25) is 19.4 Å². The first-order chi connectivity index (χ1) is 15.7. The number of anilines is 1. The number of hydrogen-bond acceptors (Lipinski definition) is 7. The summed E-state index contributed by atoms with van der Waals surface area (Å²) in [6.45, 7) is 3.51. The molecule has 162 valence electrons. The summed E-state index contributed by atoms with van der Waals surface area (Å²) in [6, 6.07) is 14.4. The van der Waals surface area contributed by atoms with Gasteiger partial charge in [0.15, 0.2) is 5.78 Å². The molecular weight excluding hydrogens is 402 g/mol. The van der Waals surface area contributed by atoms with Gasteiger partial charge in [0.25, 0.3) is 0 Å². The highest BCUT2D eigenvalue weighted by molar-refractivity contribution is 6.20. The van der Waals surface area contributed by atoms with Gasteiger partial charge in [-0.25, -0.2) is 10.4 Å². The lowest BCUT2D eigenvalue weighted by Crippen LogP contribution is -2.36. The van der Waals surface area contributed by atoms with E-state index in [0.717, 1.165) is 34.9 Å². The normalized spacial score (nSPS) is 22.4. The summed E-state index contributed by atoms with van der Waals surface area (Å²) in [5, 5.41) is 4.32. The van der Waals surface area contributed by atoms with Gasteiger partial charge < -0.3 is 5.43 Å². The number of hydrogen-bond donors (Lipinski definition) is 2. The first-order valence-corrected chi connectivity index (χ1v) is 11.1. The van der Waals surface area contributed by atoms with Crippen LogP contribution < -0.4 is 10.9 Å². The average molecular weight is 428 g/mol. The van der Waals surface area contributed by atoms with Gasteiger partial charge in [0.1, 0.15) is 18.7 Å². The molecular formula is C24H25N7O. The lowest BCUT2D eigenvalue weighted by atomic mass is 9.82. The van der Waals surface area contributed by atoms with E-state index >= 15 is 0 Å². The van der Waals surface area contributed by atoms with Crippen LogP contribution in [0.25, 0.3) is 0 Å². The number of benzene rings is 2. The van der Waals surface area contributed by atoms with Crippen molar-refractivity contribution in [2.75, 3.05) is 25.1 Å². The molecule has 1 saturated heterocycles. The lowest BCUT2D eigenvalue weighted by molar-refractivity contribution is 0.1000. The third-order valence-electron chi connectivity index (χ3n) is 6.72. The Bertz CT molecular complexity index is 1210. The van der Waals surface area contributed by atoms with Crippen molar-refractivity contribution < 1.29 is 4.79 Å². The Morgan fingerprint density at radius 3 is 2.69 bits per heavy atom. The molecule has 3 aliphatic rings. The third kappa shape index (κ3) is 3.14. The molecule has 2 N–H and O–H groups in total. The number of rotatable bonds is 4. The summed E-state index contributed by atoms with van der Waals surface area (Å²) in [7, 11) is 1.90. The van der Waals surface area contributed by atoms with Crippen LogP contribution in [0.1, 0.15) is 51.3 Å². The zero-order chi connectivity index (χ0) is 21.7. The van der Waals surface area contributed by atoms with Crippen LogP contribution >= 0.6 is 0 Å². The second-order valence-electron chi connectivity index (χ2n) is 8.69. The molecule has 0 spiro atoms. The molecule has 1 fully saturated rings. The Labute approximate surface area is 186 Å². The Morgan fingerprint density at radius 2 is 1.97 bits per heavy atom. The third-order valence-corrected chi connectivity index (χ3v) is 6.72. The molecule has 3 aromatic rings. The molecule has 0 radical (unpaired) electrons. The summed E-state index contributed by atoms with van der Waals surface area (Å²) >= 11 is 0. The van der Waals surface area contributed by atoms with Crippen LogP contribution in [0.2, 0.25) is 0 Å². The number of carbonyl (C=O) groups is 1. The van der Waals surface area contributed by atoms with Crippen LogP contribution in [0.5, 0.6) is 0 Å². The number of aromatic nitrogens is 3. The summed E-state index contributed by atoms with van der Waals surface area (Å²) in [5.74, 6) is 0.648. The fourth-order valence-electron chi connectivity index (χ4n) is 4.90. The summed E-state index contributed by atoms with van der Waals surface area (Å²) in [6.07, 6.45) is 2.87. The Hall–Kier alpha value is -3.36. The van der Waals surface area contributed by atoms with Crippen LogP contribution in [0.4, 0.5) is 5.69 Å². The van der Waals surface area contributed by atoms with Crippen LogP contribution in [-0.2, 0) is 13.6 Å². The number of likely N-dealkylation sites (tertiary alicyclic amines) is 1. The number of Topliss-reactive ketones (excluding diaryl/α,β-unsaturated/α-hetero) is 1. The maximum Gasteiger partial charge on any atom is 0.184 e. The van der Waals surface area contributed by atoms with Gasteiger partial charge in [-0.15, -0.1) is 0 Å². The molecule has 2 aromatic carbocycles. The topological polar surface area (TPSA) is 87.4 Å². The number of hydrazine groups is 1. The smallest absolute Gasteiger partial charge is 0.184 e. The number of carbonyl (C=O) groups excluding carboxylic acids is 1. The number of aliphatic imine (C=N–C) groups is 1. The van der Waals surface area contributed by atoms with Gasteiger partial charge in [0.2, 0.25) is 0 Å². The number of aryl methyl sites for hydroxylation is 1. The van der Waals surface area contributed by atoms with Gasteiger partial charge in [0, 0.05) is 24.7 Å². The highest BCUT2D eigenvalue weighted by atomic mass is 16.1. The first-order valence-electron chi connectivity index (χ1n) is 11.1. The minimum Gasteiger partial charge on any atom is -0.320 e. The van der Waals surface area contributed by atoms with Crippen molar-refractivity contribution in [3.63, 3.8) is 0 Å². The molecule has 0 saturated carbocycles. The first kappa shape index (κ1) is 19.3. The van der Waals surface area contributed by atoms with E-state index in [1.807, 2.05) is 25.2 Å². The van der Waals surface area contributed by atoms with Crippen LogP contribution in [0, 0.1) is 0 Å². The van der Waals surface area contributed by atoms with Gasteiger partial charge in [-0.05, 0) is 36.7 Å². The van der Waals surface area contributed by atoms with E-state index in [1.165, 1.54) is 25.1 Å². The predicted molar refractivity (Wildman–Crippen MR) is 122 cm³/mol. The molecule has 8 nitrogen and oxygen atoms in total. The maximum absolute atomic E-state index is 12.6. The van der Waals surface area contributed by atoms with E-state index in [1.54, 1.807) is 11.0 Å². The molecule has 3 aliphatic heterocycles. The van der Waals surface area contributed by atoms with Crippen molar-refractivity contribution in [3.05, 3.63) is 76.9 Å². The Morgan fingerprint density at radius 1 is 1.12 bits per heavy atom. The van der Waals surface area contributed by atoms with Gasteiger partial charge >= 0.3 is 0 Å². The van der Waals surface area contributed by atoms with E-state index in [0.29, 0.717) is 5.56 Å². The SMILES string of the molecule is Cn1ncnc1C1C2=NCC(=O)c3cccc(c32)NNC1c1ccc(CN2CCC2)cc1. The largest absolute Gasteiger partial charge is 0.320 e.